The average molecular weight is 249 g/mol. The normalized spacial score (nSPS) is 11.9. The van der Waals surface area contributed by atoms with Crippen molar-refractivity contribution in [2.75, 3.05) is 13.2 Å². The first-order chi connectivity index (χ1) is 6.84. The molecule has 0 aliphatic rings. The molecule has 0 aliphatic heterocycles. The molecule has 0 radical (unpaired) electrons. The second kappa shape index (κ2) is 6.95. The van der Waals surface area contributed by atoms with Gasteiger partial charge in [-0.15, -0.1) is 0 Å². The first-order valence-corrected chi connectivity index (χ1v) is 5.16. The van der Waals surface area contributed by atoms with Crippen LogP contribution < -0.4 is 5.32 Å². The summed E-state index contributed by atoms with van der Waals surface area (Å²) >= 11 is 0. The summed E-state index contributed by atoms with van der Waals surface area (Å²) in [5.74, 6) is -1.98. The molecular weight excluding hydrogens is 238 g/mol. The third-order valence-electron chi connectivity index (χ3n) is 1.32. The van der Waals surface area contributed by atoms with Crippen molar-refractivity contribution >= 4 is 14.5 Å². The highest BCUT2D eigenvalue weighted by atomic mass is 31.2. The van der Waals surface area contributed by atoms with Gasteiger partial charge >= 0.3 is 20.7 Å². The van der Waals surface area contributed by atoms with Crippen LogP contribution in [0.2, 0.25) is 0 Å². The van der Waals surface area contributed by atoms with Gasteiger partial charge in [0.25, 0.3) is 0 Å². The second-order valence-corrected chi connectivity index (χ2v) is 3.31. The molecule has 0 aromatic carbocycles. The van der Waals surface area contributed by atoms with E-state index in [0.29, 0.717) is 6.42 Å². The topological polar surface area (TPSA) is 78.8 Å². The first kappa shape index (κ1) is 14.6. The van der Waals surface area contributed by atoms with Gasteiger partial charge < -0.3 is 19.6 Å². The molecule has 9 heteroatoms. The number of alkyl halides is 3. The van der Waals surface area contributed by atoms with Crippen LogP contribution in [0.25, 0.3) is 0 Å². The fourth-order valence-electron chi connectivity index (χ4n) is 0.675. The lowest BCUT2D eigenvalue weighted by molar-refractivity contribution is -0.173. The molecule has 0 rings (SSSR count). The zero-order chi connectivity index (χ0) is 11.9. The summed E-state index contributed by atoms with van der Waals surface area (Å²) in [5, 5.41) is 1.67. The molecule has 0 aromatic rings. The van der Waals surface area contributed by atoms with Crippen LogP contribution in [0.5, 0.6) is 0 Å². The monoisotopic (exact) mass is 249 g/mol. The Kier molecular flexibility index (Phi) is 6.75. The highest BCUT2D eigenvalue weighted by molar-refractivity contribution is 7.39. The summed E-state index contributed by atoms with van der Waals surface area (Å²) in [6, 6.07) is 0. The number of nitrogens with one attached hydrogen (secondary N) is 1. The molecule has 1 amide bonds. The maximum atomic E-state index is 11.6. The lowest BCUT2D eigenvalue weighted by atomic mass is 10.3. The van der Waals surface area contributed by atoms with Crippen LogP contribution in [0.15, 0.2) is 0 Å². The Labute approximate surface area is 85.2 Å². The van der Waals surface area contributed by atoms with Crippen LogP contribution in [0, 0.1) is 0 Å². The fraction of sp³-hybridized carbons (Fsp3) is 0.833. The van der Waals surface area contributed by atoms with E-state index in [-0.39, 0.29) is 19.6 Å². The third kappa shape index (κ3) is 8.56. The van der Waals surface area contributed by atoms with Crippen LogP contribution in [0.1, 0.15) is 12.8 Å². The SMILES string of the molecule is O=C(NCCCCOP(O)O)C(F)(F)F. The smallest absolute Gasteiger partial charge is 0.348 e. The van der Waals surface area contributed by atoms with Gasteiger partial charge in [-0.1, -0.05) is 0 Å². The highest BCUT2D eigenvalue weighted by Crippen LogP contribution is 2.24. The van der Waals surface area contributed by atoms with Crippen LogP contribution in [0.3, 0.4) is 0 Å². The van der Waals surface area contributed by atoms with E-state index in [1.807, 2.05) is 0 Å². The molecule has 0 fully saturated rings. The van der Waals surface area contributed by atoms with Gasteiger partial charge in [0.1, 0.15) is 0 Å². The summed E-state index contributed by atoms with van der Waals surface area (Å²) in [5.41, 5.74) is 0. The van der Waals surface area contributed by atoms with E-state index >= 15 is 0 Å². The molecule has 0 saturated heterocycles. The summed E-state index contributed by atoms with van der Waals surface area (Å²) in [7, 11) is -2.42. The minimum absolute atomic E-state index is 0.0284. The number of carbonyl (C=O) groups is 1. The number of halogens is 3. The van der Waals surface area contributed by atoms with E-state index in [9.17, 15) is 18.0 Å². The molecule has 90 valence electrons. The van der Waals surface area contributed by atoms with Crippen molar-refractivity contribution in [3.05, 3.63) is 0 Å². The minimum atomic E-state index is -4.86. The lowest BCUT2D eigenvalue weighted by Crippen LogP contribution is -2.37. The van der Waals surface area contributed by atoms with E-state index in [0.717, 1.165) is 0 Å². The number of unbranched alkanes of at least 4 members (excludes halogenated alkanes) is 1. The van der Waals surface area contributed by atoms with Gasteiger partial charge in [-0.2, -0.15) is 13.2 Å². The Bertz CT molecular complexity index is 199. The molecular formula is C6H11F3NO4P. The van der Waals surface area contributed by atoms with Crippen LogP contribution >= 0.6 is 8.60 Å². The Morgan fingerprint density at radius 2 is 1.93 bits per heavy atom. The third-order valence-corrected chi connectivity index (χ3v) is 1.73. The highest BCUT2D eigenvalue weighted by Gasteiger charge is 2.38. The van der Waals surface area contributed by atoms with Gasteiger partial charge in [0.05, 0.1) is 6.61 Å². The quantitative estimate of drug-likeness (QED) is 0.477. The Balaban J connectivity index is 3.36. The van der Waals surface area contributed by atoms with Gasteiger partial charge in [-0.3, -0.25) is 4.79 Å². The Morgan fingerprint density at radius 1 is 1.33 bits per heavy atom. The molecule has 0 aliphatic carbocycles. The molecule has 15 heavy (non-hydrogen) atoms. The molecule has 0 aromatic heterocycles. The predicted octanol–water partition coefficient (Wildman–Crippen LogP) is 0.673. The zero-order valence-corrected chi connectivity index (χ0v) is 8.51. The largest absolute Gasteiger partial charge is 0.471 e. The molecule has 0 bridgehead atoms. The summed E-state index contributed by atoms with van der Waals surface area (Å²) in [6.07, 6.45) is -4.26. The van der Waals surface area contributed by atoms with Crippen LogP contribution in [-0.2, 0) is 9.32 Å². The molecule has 0 unspecified atom stereocenters. The van der Waals surface area contributed by atoms with Gasteiger partial charge in [0.15, 0.2) is 0 Å². The van der Waals surface area contributed by atoms with Crippen LogP contribution in [-0.4, -0.2) is 35.0 Å². The number of hydrogen-bond acceptors (Lipinski definition) is 4. The molecule has 0 heterocycles. The van der Waals surface area contributed by atoms with Gasteiger partial charge in [-0.05, 0) is 12.8 Å². The lowest BCUT2D eigenvalue weighted by Gasteiger charge is -2.07. The van der Waals surface area contributed by atoms with Crippen molar-refractivity contribution in [1.82, 2.24) is 5.32 Å². The molecule has 0 spiro atoms. The van der Waals surface area contributed by atoms with E-state index in [4.69, 9.17) is 9.79 Å². The molecule has 0 atom stereocenters. The van der Waals surface area contributed by atoms with Crippen molar-refractivity contribution < 1.29 is 32.3 Å². The zero-order valence-electron chi connectivity index (χ0n) is 7.62. The number of carbonyl (C=O) groups excluding carboxylic acids is 1. The van der Waals surface area contributed by atoms with Crippen molar-refractivity contribution in [2.24, 2.45) is 0 Å². The van der Waals surface area contributed by atoms with Gasteiger partial charge in [0, 0.05) is 6.54 Å². The first-order valence-electron chi connectivity index (χ1n) is 4.00. The van der Waals surface area contributed by atoms with Crippen LogP contribution in [0.4, 0.5) is 13.2 Å². The number of rotatable bonds is 6. The summed E-state index contributed by atoms with van der Waals surface area (Å²) in [6.45, 7) is -0.100. The average Bonchev–Trinajstić information content (AvgIpc) is 2.08. The van der Waals surface area contributed by atoms with Crippen molar-refractivity contribution in [3.63, 3.8) is 0 Å². The second-order valence-electron chi connectivity index (χ2n) is 2.55. The molecule has 5 nitrogen and oxygen atoms in total. The summed E-state index contributed by atoms with van der Waals surface area (Å²) < 4.78 is 39.2. The molecule has 0 saturated carbocycles. The van der Waals surface area contributed by atoms with Crippen molar-refractivity contribution in [3.8, 4) is 0 Å². The van der Waals surface area contributed by atoms with Crippen molar-refractivity contribution in [2.45, 2.75) is 19.0 Å². The predicted molar refractivity (Wildman–Crippen MR) is 45.6 cm³/mol. The van der Waals surface area contributed by atoms with E-state index in [1.165, 1.54) is 0 Å². The Morgan fingerprint density at radius 3 is 2.40 bits per heavy atom. The standard InChI is InChI=1S/C6H11F3NO4P/c7-6(8,9)5(11)10-3-1-2-4-14-15(12)13/h12-13H,1-4H2,(H,10,11). The van der Waals surface area contributed by atoms with Gasteiger partial charge in [0.2, 0.25) is 0 Å². The fourth-order valence-corrected chi connectivity index (χ4v) is 0.968. The van der Waals surface area contributed by atoms with E-state index < -0.39 is 20.7 Å². The number of hydrogen-bond donors (Lipinski definition) is 3. The molecule has 3 N–H and O–H groups in total. The maximum Gasteiger partial charge on any atom is 0.471 e. The summed E-state index contributed by atoms with van der Waals surface area (Å²) in [4.78, 5) is 26.8. The van der Waals surface area contributed by atoms with Crippen molar-refractivity contribution in [1.29, 1.82) is 0 Å². The Hall–Kier alpha value is -0.430. The van der Waals surface area contributed by atoms with E-state index in [1.54, 1.807) is 5.32 Å². The maximum absolute atomic E-state index is 11.6. The van der Waals surface area contributed by atoms with Gasteiger partial charge in [-0.25, -0.2) is 0 Å². The number of amides is 1. The van der Waals surface area contributed by atoms with E-state index in [2.05, 4.69) is 4.52 Å². The minimum Gasteiger partial charge on any atom is -0.348 e.